The molecule has 0 amide bonds. The van der Waals surface area contributed by atoms with Crippen LogP contribution in [-0.2, 0) is 0 Å². The maximum Gasteiger partial charge on any atom is 0.00980 e. The number of fused-ring (bicyclic) bond motifs is 2. The van der Waals surface area contributed by atoms with Gasteiger partial charge in [-0.2, -0.15) is 0 Å². The maximum absolute atomic E-state index is 3.80. The van der Waals surface area contributed by atoms with E-state index >= 15 is 0 Å². The average molecular weight is 193 g/mol. The molecule has 14 heavy (non-hydrogen) atoms. The first-order valence-electron chi connectivity index (χ1n) is 6.65. The molecule has 0 aromatic carbocycles. The molecule has 3 aliphatic rings. The van der Waals surface area contributed by atoms with E-state index in [1.807, 2.05) is 0 Å². The van der Waals surface area contributed by atoms with Crippen LogP contribution in [-0.4, -0.2) is 12.6 Å². The fourth-order valence-electron chi connectivity index (χ4n) is 3.58. The Morgan fingerprint density at radius 2 is 1.93 bits per heavy atom. The summed E-state index contributed by atoms with van der Waals surface area (Å²) < 4.78 is 0. The highest BCUT2D eigenvalue weighted by molar-refractivity contribution is 4.93. The molecular weight excluding hydrogens is 170 g/mol. The molecule has 0 radical (unpaired) electrons. The Morgan fingerprint density at radius 3 is 2.57 bits per heavy atom. The molecular formula is C13H23N. The van der Waals surface area contributed by atoms with Crippen LogP contribution in [0.5, 0.6) is 0 Å². The van der Waals surface area contributed by atoms with Crippen molar-refractivity contribution < 1.29 is 0 Å². The van der Waals surface area contributed by atoms with Crippen molar-refractivity contribution in [2.45, 2.75) is 57.4 Å². The Bertz CT molecular complexity index is 197. The Kier molecular flexibility index (Phi) is 2.53. The molecule has 0 aromatic rings. The zero-order valence-corrected chi connectivity index (χ0v) is 9.17. The van der Waals surface area contributed by atoms with Gasteiger partial charge in [-0.3, -0.25) is 0 Å². The number of rotatable bonds is 5. The van der Waals surface area contributed by atoms with Gasteiger partial charge in [0.1, 0.15) is 0 Å². The minimum absolute atomic E-state index is 0.910. The van der Waals surface area contributed by atoms with E-state index in [9.17, 15) is 0 Å². The van der Waals surface area contributed by atoms with Crippen LogP contribution in [0.2, 0.25) is 0 Å². The lowest BCUT2D eigenvalue weighted by atomic mass is 9.95. The summed E-state index contributed by atoms with van der Waals surface area (Å²) in [6, 6.07) is 0.910. The summed E-state index contributed by atoms with van der Waals surface area (Å²) in [4.78, 5) is 0. The molecule has 3 fully saturated rings. The molecule has 1 nitrogen and oxygen atoms in total. The maximum atomic E-state index is 3.80. The largest absolute Gasteiger partial charge is 0.314 e. The second-order valence-electron chi connectivity index (χ2n) is 5.82. The number of hydrogen-bond acceptors (Lipinski definition) is 1. The molecule has 2 bridgehead atoms. The molecule has 3 unspecified atom stereocenters. The molecule has 0 heterocycles. The predicted molar refractivity (Wildman–Crippen MR) is 59.2 cm³/mol. The summed E-state index contributed by atoms with van der Waals surface area (Å²) in [5.74, 6) is 3.28. The van der Waals surface area contributed by atoms with Gasteiger partial charge in [0.15, 0.2) is 0 Å². The Balaban J connectivity index is 1.32. The molecule has 0 aliphatic heterocycles. The third-order valence-electron chi connectivity index (χ3n) is 4.63. The number of hydrogen-bond donors (Lipinski definition) is 1. The van der Waals surface area contributed by atoms with Crippen LogP contribution in [0.1, 0.15) is 51.4 Å². The monoisotopic (exact) mass is 193 g/mol. The number of nitrogens with one attached hydrogen (secondary N) is 1. The molecule has 0 saturated heterocycles. The van der Waals surface area contributed by atoms with Gasteiger partial charge in [0, 0.05) is 6.04 Å². The quantitative estimate of drug-likeness (QED) is 0.662. The molecule has 3 aliphatic carbocycles. The minimum Gasteiger partial charge on any atom is -0.314 e. The second-order valence-corrected chi connectivity index (χ2v) is 5.82. The van der Waals surface area contributed by atoms with E-state index in [-0.39, 0.29) is 0 Å². The molecule has 80 valence electrons. The van der Waals surface area contributed by atoms with E-state index in [0.29, 0.717) is 0 Å². The van der Waals surface area contributed by atoms with Crippen LogP contribution in [0.4, 0.5) is 0 Å². The van der Waals surface area contributed by atoms with E-state index in [0.717, 1.165) is 23.8 Å². The first-order chi connectivity index (χ1) is 6.92. The van der Waals surface area contributed by atoms with Crippen molar-refractivity contribution in [1.29, 1.82) is 0 Å². The van der Waals surface area contributed by atoms with E-state index in [1.165, 1.54) is 51.5 Å². The van der Waals surface area contributed by atoms with Gasteiger partial charge in [-0.05, 0) is 56.4 Å². The van der Waals surface area contributed by atoms with Gasteiger partial charge in [-0.1, -0.05) is 19.3 Å². The highest BCUT2D eigenvalue weighted by Gasteiger charge is 2.38. The lowest BCUT2D eigenvalue weighted by Gasteiger charge is -2.22. The van der Waals surface area contributed by atoms with Gasteiger partial charge in [-0.15, -0.1) is 0 Å². The van der Waals surface area contributed by atoms with E-state index in [2.05, 4.69) is 5.32 Å². The molecule has 3 atom stereocenters. The van der Waals surface area contributed by atoms with Gasteiger partial charge in [0.2, 0.25) is 0 Å². The molecule has 3 rings (SSSR count). The topological polar surface area (TPSA) is 12.0 Å². The Hall–Kier alpha value is -0.0400. The van der Waals surface area contributed by atoms with E-state index in [1.54, 1.807) is 6.42 Å². The van der Waals surface area contributed by atoms with Crippen LogP contribution in [0.3, 0.4) is 0 Å². The summed E-state index contributed by atoms with van der Waals surface area (Å²) >= 11 is 0. The van der Waals surface area contributed by atoms with Crippen molar-refractivity contribution in [3.05, 3.63) is 0 Å². The molecule has 0 spiro atoms. The molecule has 3 saturated carbocycles. The highest BCUT2D eigenvalue weighted by Crippen LogP contribution is 2.44. The first-order valence-corrected chi connectivity index (χ1v) is 6.65. The van der Waals surface area contributed by atoms with Gasteiger partial charge in [0.25, 0.3) is 0 Å². The van der Waals surface area contributed by atoms with Crippen LogP contribution in [0, 0.1) is 17.8 Å². The third kappa shape index (κ3) is 1.98. The fourth-order valence-corrected chi connectivity index (χ4v) is 3.58. The summed E-state index contributed by atoms with van der Waals surface area (Å²) in [6.45, 7) is 1.30. The van der Waals surface area contributed by atoms with Gasteiger partial charge < -0.3 is 5.32 Å². The minimum atomic E-state index is 0.910. The zero-order valence-electron chi connectivity index (χ0n) is 9.17. The van der Waals surface area contributed by atoms with Gasteiger partial charge in [0.05, 0.1) is 0 Å². The van der Waals surface area contributed by atoms with Crippen molar-refractivity contribution in [1.82, 2.24) is 5.32 Å². The zero-order chi connectivity index (χ0) is 9.38. The smallest absolute Gasteiger partial charge is 0.00980 e. The Morgan fingerprint density at radius 1 is 1.00 bits per heavy atom. The predicted octanol–water partition coefficient (Wildman–Crippen LogP) is 2.95. The van der Waals surface area contributed by atoms with Crippen LogP contribution >= 0.6 is 0 Å². The highest BCUT2D eigenvalue weighted by atomic mass is 14.9. The van der Waals surface area contributed by atoms with Crippen LogP contribution in [0.15, 0.2) is 0 Å². The normalized spacial score (nSPS) is 40.7. The van der Waals surface area contributed by atoms with Crippen LogP contribution < -0.4 is 5.32 Å². The van der Waals surface area contributed by atoms with E-state index < -0.39 is 0 Å². The third-order valence-corrected chi connectivity index (χ3v) is 4.63. The van der Waals surface area contributed by atoms with E-state index in [4.69, 9.17) is 0 Å². The Labute approximate surface area is 87.7 Å². The van der Waals surface area contributed by atoms with Crippen molar-refractivity contribution in [2.75, 3.05) is 6.54 Å². The summed E-state index contributed by atoms with van der Waals surface area (Å²) in [5, 5.41) is 3.80. The standard InChI is InChI=1S/C13H23N/c1(2-10-3-4-10)7-14-13-9-11-5-6-12(13)8-11/h10-14H,1-9H2. The summed E-state index contributed by atoms with van der Waals surface area (Å²) in [6.07, 6.45) is 12.1. The van der Waals surface area contributed by atoms with Crippen molar-refractivity contribution in [3.8, 4) is 0 Å². The second kappa shape index (κ2) is 3.84. The van der Waals surface area contributed by atoms with Crippen LogP contribution in [0.25, 0.3) is 0 Å². The molecule has 1 heteroatoms. The van der Waals surface area contributed by atoms with Crippen molar-refractivity contribution in [2.24, 2.45) is 17.8 Å². The SMILES string of the molecule is C(CNC1CC2CCC1C2)CC1CC1. The summed E-state index contributed by atoms with van der Waals surface area (Å²) in [5.41, 5.74) is 0. The lowest BCUT2D eigenvalue weighted by molar-refractivity contribution is 0.349. The molecule has 0 aromatic heterocycles. The van der Waals surface area contributed by atoms with Crippen molar-refractivity contribution in [3.63, 3.8) is 0 Å². The first kappa shape index (κ1) is 9.21. The lowest BCUT2D eigenvalue weighted by Crippen LogP contribution is -2.34. The fraction of sp³-hybridized carbons (Fsp3) is 1.00. The van der Waals surface area contributed by atoms with Gasteiger partial charge >= 0.3 is 0 Å². The molecule has 1 N–H and O–H groups in total. The average Bonchev–Trinajstić information content (AvgIpc) is 2.79. The van der Waals surface area contributed by atoms with Gasteiger partial charge in [-0.25, -0.2) is 0 Å². The summed E-state index contributed by atoms with van der Waals surface area (Å²) in [7, 11) is 0. The van der Waals surface area contributed by atoms with Crippen molar-refractivity contribution >= 4 is 0 Å².